The van der Waals surface area contributed by atoms with E-state index in [0.717, 1.165) is 20.8 Å². The minimum absolute atomic E-state index is 0.914. The first kappa shape index (κ1) is 96.5. The van der Waals surface area contributed by atoms with E-state index in [9.17, 15) is 147 Å². The smallest absolute Gasteiger partial charge is 0.217 e. The van der Waals surface area contributed by atoms with Crippen LogP contribution in [-0.2, 0) is 99.6 Å². The van der Waals surface area contributed by atoms with Crippen LogP contribution < -0.4 is 16.0 Å². The summed E-state index contributed by atoms with van der Waals surface area (Å²) in [4.78, 5) is 39.8. The van der Waals surface area contributed by atoms with Crippen molar-refractivity contribution in [1.82, 2.24) is 16.0 Å². The fourth-order valence-corrected chi connectivity index (χ4v) is 14.9. The molecule has 0 aromatic carbocycles. The van der Waals surface area contributed by atoms with Crippen LogP contribution in [0.3, 0.4) is 0 Å². The maximum atomic E-state index is 13.6. The summed E-state index contributed by atoms with van der Waals surface area (Å²) >= 11 is 0. The third-order valence-corrected chi connectivity index (χ3v) is 21.6. The summed E-state index contributed by atoms with van der Waals surface area (Å²) in [5.41, 5.74) is 0. The molecule has 9 aliphatic heterocycles. The van der Waals surface area contributed by atoms with Crippen molar-refractivity contribution in [2.75, 3.05) is 46.2 Å². The molecule has 9 heterocycles. The molecule has 29 N–H and O–H groups in total. The molecule has 0 aromatic heterocycles. The van der Waals surface area contributed by atoms with Crippen LogP contribution in [0.15, 0.2) is 0 Å². The Morgan fingerprint density at radius 2 is 0.621 bits per heavy atom. The molecule has 3 amide bonds. The van der Waals surface area contributed by atoms with Crippen LogP contribution in [0.2, 0.25) is 0 Å². The fraction of sp³-hybridized carbons (Fsp3) is 0.955. The summed E-state index contributed by atoms with van der Waals surface area (Å²) in [5.74, 6) is -2.96. The molecule has 9 fully saturated rings. The number of aliphatic hydroxyl groups is 26. The monoisotopic (exact) mass is 1700 g/mol. The maximum absolute atomic E-state index is 13.6. The van der Waals surface area contributed by atoms with Gasteiger partial charge in [-0.05, 0) is 27.7 Å². The molecule has 0 spiro atoms. The van der Waals surface area contributed by atoms with E-state index in [1.165, 1.54) is 27.7 Å². The molecule has 9 aliphatic rings. The molecule has 0 unspecified atom stereocenters. The van der Waals surface area contributed by atoms with Crippen molar-refractivity contribution in [2.24, 2.45) is 0 Å². The Morgan fingerprint density at radius 1 is 0.310 bits per heavy atom. The van der Waals surface area contributed by atoms with Gasteiger partial charge in [0.05, 0.1) is 76.7 Å². The van der Waals surface area contributed by atoms with Crippen LogP contribution in [0.25, 0.3) is 0 Å². The molecule has 9 rings (SSSR count). The second-order valence-electron chi connectivity index (χ2n) is 29.9. The number of carbonyl (C=O) groups is 3. The van der Waals surface area contributed by atoms with Gasteiger partial charge in [0.25, 0.3) is 0 Å². The second kappa shape index (κ2) is 41.9. The lowest BCUT2D eigenvalue weighted by Gasteiger charge is -2.52. The first-order chi connectivity index (χ1) is 54.7. The molecular formula is C66H113N3O47. The highest BCUT2D eigenvalue weighted by Crippen LogP contribution is 2.41. The summed E-state index contributed by atoms with van der Waals surface area (Å²) in [7, 11) is 0. The summed E-state index contributed by atoms with van der Waals surface area (Å²) in [6, 6.07) is -5.92. The number of amides is 3. The zero-order valence-corrected chi connectivity index (χ0v) is 63.4. The van der Waals surface area contributed by atoms with E-state index in [1.54, 1.807) is 0 Å². The SMILES string of the molecule is CC(=O)N[C@H]1[C@H](O[C@H]2[C@@H](O)[C@@H](CO)O[C@@H](O[C@@H]([C@@H](O)[C@H](O)CO[C@@H]3O[C@H](CO)[C@@H](O[C@@H]4O[C@H](CO)[C@H](O)[C@H](O)[C@H]4O[C@@H]4O[C@@H](C)[C@@H](O)[C@@H](O)[C@@H]4O)[C@H](O[C@@H]4O[C@@H](C)[C@@H](O)[C@@H](O)[C@@H]4O)[C@H]3NC(C)=O)[C@H](CO)NC(C)=O)[C@@H]2O)O[C@H](CO)[C@@H](O[C@@H]2O[C@@H](C)[C@@H](O)[C@@H](O)[C@@H]2O)[C@@H]1O[C@@H]1O[C@H](CO)[C@H](O)[C@H](O)[C@H]1O[C@@H]1O[C@@H](C)[C@@H](O)[C@@H](O)[C@@H]1O. The third-order valence-electron chi connectivity index (χ3n) is 21.6. The van der Waals surface area contributed by atoms with Crippen molar-refractivity contribution >= 4 is 17.7 Å². The van der Waals surface area contributed by atoms with Crippen molar-refractivity contribution in [2.45, 2.75) is 349 Å². The first-order valence-corrected chi connectivity index (χ1v) is 37.5. The van der Waals surface area contributed by atoms with Gasteiger partial charge in [-0.2, -0.15) is 0 Å². The predicted molar refractivity (Wildman–Crippen MR) is 361 cm³/mol. The first-order valence-electron chi connectivity index (χ1n) is 37.5. The Bertz CT molecular complexity index is 3050. The lowest BCUT2D eigenvalue weighted by Crippen LogP contribution is -2.71. The average molecular weight is 1700 g/mol. The number of aliphatic hydroxyl groups excluding tert-OH is 26. The summed E-state index contributed by atoms with van der Waals surface area (Å²) in [5, 5.41) is 297. The van der Waals surface area contributed by atoms with Gasteiger partial charge in [-0.25, -0.2) is 0 Å². The van der Waals surface area contributed by atoms with Gasteiger partial charge in [-0.15, -0.1) is 0 Å². The van der Waals surface area contributed by atoms with Gasteiger partial charge >= 0.3 is 0 Å². The number of ether oxygens (including phenoxy) is 18. The van der Waals surface area contributed by atoms with Crippen molar-refractivity contribution in [1.29, 1.82) is 0 Å². The van der Waals surface area contributed by atoms with E-state index in [1.807, 2.05) is 0 Å². The zero-order chi connectivity index (χ0) is 85.8. The van der Waals surface area contributed by atoms with Crippen LogP contribution in [0.1, 0.15) is 48.5 Å². The van der Waals surface area contributed by atoms with Crippen molar-refractivity contribution in [3.8, 4) is 0 Å². The molecule has 50 nitrogen and oxygen atoms in total. The molecule has 0 aromatic rings. The number of hydrogen-bond donors (Lipinski definition) is 29. The van der Waals surface area contributed by atoms with Gasteiger partial charge < -0.3 is 234 Å². The molecule has 0 bridgehead atoms. The Morgan fingerprint density at radius 3 is 0.983 bits per heavy atom. The van der Waals surface area contributed by atoms with Gasteiger partial charge in [0.1, 0.15) is 214 Å². The van der Waals surface area contributed by atoms with E-state index in [2.05, 4.69) is 16.0 Å². The van der Waals surface area contributed by atoms with E-state index in [-0.39, 0.29) is 0 Å². The van der Waals surface area contributed by atoms with Crippen molar-refractivity contribution in [3.63, 3.8) is 0 Å². The maximum Gasteiger partial charge on any atom is 0.217 e. The zero-order valence-electron chi connectivity index (χ0n) is 63.4. The van der Waals surface area contributed by atoms with Gasteiger partial charge in [0.2, 0.25) is 17.7 Å². The number of nitrogens with one attached hydrogen (secondary N) is 3. The van der Waals surface area contributed by atoms with Gasteiger partial charge in [-0.1, -0.05) is 0 Å². The highest BCUT2D eigenvalue weighted by atomic mass is 16.8. The summed E-state index contributed by atoms with van der Waals surface area (Å²) in [6.45, 7) is -0.459. The van der Waals surface area contributed by atoms with Crippen LogP contribution in [0, 0.1) is 0 Å². The normalized spacial score (nSPS) is 48.9. The van der Waals surface area contributed by atoms with E-state index >= 15 is 0 Å². The van der Waals surface area contributed by atoms with E-state index < -0.39 is 365 Å². The minimum Gasteiger partial charge on any atom is -0.394 e. The van der Waals surface area contributed by atoms with Gasteiger partial charge in [-0.3, -0.25) is 14.4 Å². The van der Waals surface area contributed by atoms with E-state index in [0.29, 0.717) is 0 Å². The largest absolute Gasteiger partial charge is 0.394 e. The molecule has 0 saturated carbocycles. The number of hydrogen-bond acceptors (Lipinski definition) is 47. The predicted octanol–water partition coefficient (Wildman–Crippen LogP) is -18.6. The molecule has 9 saturated heterocycles. The molecule has 674 valence electrons. The Hall–Kier alpha value is -3.35. The molecule has 49 atom stereocenters. The lowest BCUT2D eigenvalue weighted by atomic mass is 9.93. The van der Waals surface area contributed by atoms with Crippen LogP contribution in [0.5, 0.6) is 0 Å². The quantitative estimate of drug-likeness (QED) is 0.0306. The van der Waals surface area contributed by atoms with Crippen molar-refractivity contribution in [3.05, 3.63) is 0 Å². The Kier molecular flexibility index (Phi) is 34.8. The van der Waals surface area contributed by atoms with Gasteiger partial charge in [0, 0.05) is 20.8 Å². The third kappa shape index (κ3) is 21.3. The molecule has 0 radical (unpaired) electrons. The molecule has 50 heteroatoms. The molecular weight excluding hydrogens is 1590 g/mol. The van der Waals surface area contributed by atoms with E-state index in [4.69, 9.17) is 85.3 Å². The topological polar surface area (TPSA) is 779 Å². The lowest BCUT2D eigenvalue weighted by molar-refractivity contribution is -0.399. The Balaban J connectivity index is 1.02. The van der Waals surface area contributed by atoms with Crippen LogP contribution >= 0.6 is 0 Å². The fourth-order valence-electron chi connectivity index (χ4n) is 14.9. The van der Waals surface area contributed by atoms with Crippen LogP contribution in [0.4, 0.5) is 0 Å². The Labute approximate surface area is 659 Å². The highest BCUT2D eigenvalue weighted by Gasteiger charge is 2.62. The average Bonchev–Trinajstić information content (AvgIpc) is 0.764. The highest BCUT2D eigenvalue weighted by molar-refractivity contribution is 5.74. The molecule has 116 heavy (non-hydrogen) atoms. The standard InChI is InChI=1S/C66H113N3O47/c1-15-31(80)39(88)45(94)60(100-15)110-51-28(13-75)108-59(30(69-21(7)78)54(51)113-66-57(44(93)37(86)25(10-72)106-66)116-63-48(97)42(91)34(83)18(4)103-63)114-55-38(87)26(11-73)104-64(49(55)98)109-50(22(8-70)67-19(5)76)35(84)23(79)14-99-58-29(68-20(6)77)53(112-61-46(95)40(89)32(81)16(2)101-61)52(27(12-74)107-58)111-65-56(43(92)36(85)24(9-71)105-65)115-62-47(96)41(90)33(82)17(3)102-62/h15-18,22-66,70-75,79-98H,8-14H2,1-7H3,(H,67,76)(H,68,77)(H,69,78)/t15-,16-,17-,18-,22-,23+,24+,25+,26+,27+,28+,29+,30+,31+,32+,33+,34+,35-,36-,37-,38-,39+,40+,41+,42+,43-,44-,45-,46-,47-,48-,49+,50+,51+,52+,53+,54+,55-,56+,57+,58+,59-,60-,61-,62-,63-,64-,65-,66-/m0/s1. The van der Waals surface area contributed by atoms with Crippen LogP contribution in [-0.4, -0.2) is 497 Å². The van der Waals surface area contributed by atoms with Crippen molar-refractivity contribution < 1.29 is 232 Å². The minimum atomic E-state index is -2.56. The summed E-state index contributed by atoms with van der Waals surface area (Å²) < 4.78 is 108. The number of carbonyl (C=O) groups excluding carboxylic acids is 3. The second-order valence-corrected chi connectivity index (χ2v) is 29.9. The summed E-state index contributed by atoms with van der Waals surface area (Å²) in [6.07, 6.45) is -92.8. The molecule has 0 aliphatic carbocycles. The number of rotatable bonds is 31. The van der Waals surface area contributed by atoms with Gasteiger partial charge in [0.15, 0.2) is 56.6 Å².